The number of carbonyl (C=O) groups is 1. The summed E-state index contributed by atoms with van der Waals surface area (Å²) in [6, 6.07) is 0. The minimum Gasteiger partial charge on any atom is -0.476 e. The van der Waals surface area contributed by atoms with Crippen molar-refractivity contribution in [3.8, 4) is 0 Å². The molecular weight excluding hydrogens is 188 g/mol. The lowest BCUT2D eigenvalue weighted by Crippen LogP contribution is -2.43. The van der Waals surface area contributed by atoms with Crippen LogP contribution in [0.4, 0.5) is 0 Å². The van der Waals surface area contributed by atoms with Gasteiger partial charge in [-0.05, 0) is 19.0 Å². The van der Waals surface area contributed by atoms with Crippen molar-refractivity contribution in [3.63, 3.8) is 0 Å². The number of nitrogens with one attached hydrogen (secondary N) is 1. The molecule has 5 heteroatoms. The van der Waals surface area contributed by atoms with Crippen molar-refractivity contribution in [1.82, 2.24) is 10.3 Å². The molecule has 2 N–H and O–H groups in total. The standard InChI is InChI=1S/C8H10N2O2S/c11-8(12)6-4-13-7(10-6)1-5-2-9-3-5/h4-5,9H,1-3H2,(H,11,12). The van der Waals surface area contributed by atoms with E-state index in [9.17, 15) is 4.79 Å². The Hall–Kier alpha value is -0.940. The minimum atomic E-state index is -0.936. The lowest BCUT2D eigenvalue weighted by atomic mass is 10.0. The summed E-state index contributed by atoms with van der Waals surface area (Å²) in [6.45, 7) is 2.06. The summed E-state index contributed by atoms with van der Waals surface area (Å²) in [4.78, 5) is 14.5. The van der Waals surface area contributed by atoms with E-state index >= 15 is 0 Å². The van der Waals surface area contributed by atoms with Crippen LogP contribution < -0.4 is 5.32 Å². The molecule has 0 atom stereocenters. The number of aromatic nitrogens is 1. The van der Waals surface area contributed by atoms with Gasteiger partial charge in [-0.2, -0.15) is 0 Å². The Morgan fingerprint density at radius 2 is 2.54 bits per heavy atom. The summed E-state index contributed by atoms with van der Waals surface area (Å²) in [5.41, 5.74) is 0.173. The topological polar surface area (TPSA) is 62.2 Å². The van der Waals surface area contributed by atoms with Gasteiger partial charge in [0.15, 0.2) is 5.69 Å². The van der Waals surface area contributed by atoms with E-state index in [0.717, 1.165) is 24.5 Å². The Balaban J connectivity index is 2.00. The molecule has 1 saturated heterocycles. The molecule has 70 valence electrons. The second kappa shape index (κ2) is 3.43. The van der Waals surface area contributed by atoms with Gasteiger partial charge < -0.3 is 10.4 Å². The van der Waals surface area contributed by atoms with Crippen LogP contribution in [0.5, 0.6) is 0 Å². The predicted octanol–water partition coefficient (Wildman–Crippen LogP) is 0.603. The largest absolute Gasteiger partial charge is 0.476 e. The number of carboxylic acid groups (broad SMARTS) is 1. The Kier molecular flexibility index (Phi) is 2.28. The smallest absolute Gasteiger partial charge is 0.355 e. The lowest BCUT2D eigenvalue weighted by molar-refractivity contribution is 0.0691. The SMILES string of the molecule is O=C(O)c1csc(CC2CNC2)n1. The molecule has 0 amide bonds. The van der Waals surface area contributed by atoms with Gasteiger partial charge in [0.25, 0.3) is 0 Å². The van der Waals surface area contributed by atoms with E-state index in [1.165, 1.54) is 11.3 Å². The van der Waals surface area contributed by atoms with Crippen LogP contribution in [0.2, 0.25) is 0 Å². The minimum absolute atomic E-state index is 0.173. The first-order chi connectivity index (χ1) is 6.25. The fraction of sp³-hybridized carbons (Fsp3) is 0.500. The van der Waals surface area contributed by atoms with Crippen LogP contribution in [-0.4, -0.2) is 29.1 Å². The average Bonchev–Trinajstić information content (AvgIpc) is 2.44. The first kappa shape index (κ1) is 8.65. The Morgan fingerprint density at radius 3 is 3.00 bits per heavy atom. The van der Waals surface area contributed by atoms with Gasteiger partial charge in [-0.25, -0.2) is 9.78 Å². The van der Waals surface area contributed by atoms with E-state index in [0.29, 0.717) is 5.92 Å². The van der Waals surface area contributed by atoms with Crippen molar-refractivity contribution < 1.29 is 9.90 Å². The van der Waals surface area contributed by atoms with Gasteiger partial charge in [0.05, 0.1) is 5.01 Å². The van der Waals surface area contributed by atoms with Gasteiger partial charge in [0.1, 0.15) is 0 Å². The monoisotopic (exact) mass is 198 g/mol. The summed E-state index contributed by atoms with van der Waals surface area (Å²) >= 11 is 1.44. The highest BCUT2D eigenvalue weighted by Crippen LogP contribution is 2.16. The van der Waals surface area contributed by atoms with Crippen LogP contribution in [0.25, 0.3) is 0 Å². The molecule has 1 aromatic rings. The van der Waals surface area contributed by atoms with Crippen LogP contribution in [0.3, 0.4) is 0 Å². The molecule has 0 aliphatic carbocycles. The molecule has 0 bridgehead atoms. The molecule has 0 saturated carbocycles. The quantitative estimate of drug-likeness (QED) is 0.746. The van der Waals surface area contributed by atoms with E-state index in [2.05, 4.69) is 10.3 Å². The molecule has 1 fully saturated rings. The highest BCUT2D eigenvalue weighted by molar-refractivity contribution is 7.09. The van der Waals surface area contributed by atoms with Crippen molar-refractivity contribution in [1.29, 1.82) is 0 Å². The van der Waals surface area contributed by atoms with Crippen LogP contribution in [-0.2, 0) is 6.42 Å². The Bertz CT molecular complexity index is 320. The second-order valence-corrected chi connectivity index (χ2v) is 4.10. The zero-order valence-electron chi connectivity index (χ0n) is 6.99. The maximum absolute atomic E-state index is 10.5. The summed E-state index contributed by atoms with van der Waals surface area (Å²) in [6.07, 6.45) is 0.908. The molecule has 1 aromatic heterocycles. The number of hydrogen-bond donors (Lipinski definition) is 2. The number of hydrogen-bond acceptors (Lipinski definition) is 4. The molecule has 0 unspecified atom stereocenters. The summed E-state index contributed by atoms with van der Waals surface area (Å²) in [5, 5.41) is 14.3. The third kappa shape index (κ3) is 1.87. The van der Waals surface area contributed by atoms with Crippen LogP contribution in [0.15, 0.2) is 5.38 Å². The number of carboxylic acids is 1. The predicted molar refractivity (Wildman–Crippen MR) is 49.1 cm³/mol. The average molecular weight is 198 g/mol. The number of rotatable bonds is 3. The maximum atomic E-state index is 10.5. The van der Waals surface area contributed by atoms with Gasteiger partial charge in [-0.1, -0.05) is 0 Å². The van der Waals surface area contributed by atoms with Crippen LogP contribution in [0.1, 0.15) is 15.5 Å². The van der Waals surface area contributed by atoms with Crippen molar-refractivity contribution in [3.05, 3.63) is 16.1 Å². The highest BCUT2D eigenvalue weighted by atomic mass is 32.1. The van der Waals surface area contributed by atoms with E-state index in [1.807, 2.05) is 0 Å². The van der Waals surface area contributed by atoms with Gasteiger partial charge in [-0.3, -0.25) is 0 Å². The molecule has 1 aliphatic heterocycles. The summed E-state index contributed by atoms with van der Waals surface area (Å²) in [5.74, 6) is -0.290. The molecule has 2 heterocycles. The van der Waals surface area contributed by atoms with E-state index in [4.69, 9.17) is 5.11 Å². The molecule has 13 heavy (non-hydrogen) atoms. The van der Waals surface area contributed by atoms with Gasteiger partial charge in [0.2, 0.25) is 0 Å². The van der Waals surface area contributed by atoms with Gasteiger partial charge >= 0.3 is 5.97 Å². The molecule has 2 rings (SSSR count). The van der Waals surface area contributed by atoms with Crippen LogP contribution >= 0.6 is 11.3 Å². The zero-order valence-corrected chi connectivity index (χ0v) is 7.80. The van der Waals surface area contributed by atoms with Crippen molar-refractivity contribution in [2.24, 2.45) is 5.92 Å². The fourth-order valence-corrected chi connectivity index (χ4v) is 2.13. The van der Waals surface area contributed by atoms with Crippen molar-refractivity contribution in [2.75, 3.05) is 13.1 Å². The summed E-state index contributed by atoms with van der Waals surface area (Å²) < 4.78 is 0. The lowest BCUT2D eigenvalue weighted by Gasteiger charge is -2.25. The summed E-state index contributed by atoms with van der Waals surface area (Å²) in [7, 11) is 0. The van der Waals surface area contributed by atoms with Crippen molar-refractivity contribution in [2.45, 2.75) is 6.42 Å². The normalized spacial score (nSPS) is 16.9. The van der Waals surface area contributed by atoms with E-state index in [1.54, 1.807) is 5.38 Å². The van der Waals surface area contributed by atoms with E-state index < -0.39 is 5.97 Å². The van der Waals surface area contributed by atoms with Gasteiger partial charge in [-0.15, -0.1) is 11.3 Å². The molecule has 1 aliphatic rings. The zero-order chi connectivity index (χ0) is 9.26. The Labute approximate surface area is 79.6 Å². The first-order valence-electron chi connectivity index (χ1n) is 4.14. The molecular formula is C8H10N2O2S. The molecule has 0 aromatic carbocycles. The van der Waals surface area contributed by atoms with Crippen LogP contribution in [0, 0.1) is 5.92 Å². The van der Waals surface area contributed by atoms with Crippen molar-refractivity contribution >= 4 is 17.3 Å². The highest BCUT2D eigenvalue weighted by Gasteiger charge is 2.19. The first-order valence-corrected chi connectivity index (χ1v) is 5.02. The molecule has 4 nitrogen and oxygen atoms in total. The van der Waals surface area contributed by atoms with Gasteiger partial charge in [0, 0.05) is 11.8 Å². The number of aromatic carboxylic acids is 1. The molecule has 0 radical (unpaired) electrons. The fourth-order valence-electron chi connectivity index (χ4n) is 1.24. The third-order valence-electron chi connectivity index (χ3n) is 2.10. The van der Waals surface area contributed by atoms with E-state index in [-0.39, 0.29) is 5.69 Å². The number of thiazole rings is 1. The number of nitrogens with zero attached hydrogens (tertiary/aromatic N) is 1. The molecule has 0 spiro atoms. The maximum Gasteiger partial charge on any atom is 0.355 e. The Morgan fingerprint density at radius 1 is 1.77 bits per heavy atom. The third-order valence-corrected chi connectivity index (χ3v) is 2.97. The second-order valence-electron chi connectivity index (χ2n) is 3.16.